The summed E-state index contributed by atoms with van der Waals surface area (Å²) in [4.78, 5) is 21.9. The summed E-state index contributed by atoms with van der Waals surface area (Å²) in [6.45, 7) is 0. The number of carbonyl (C=O) groups is 1. The molecule has 3 heterocycles. The number of fused-ring (bicyclic) bond motifs is 1. The monoisotopic (exact) mass is 420 g/mol. The van der Waals surface area contributed by atoms with Crippen molar-refractivity contribution in [1.82, 2.24) is 15.2 Å². The van der Waals surface area contributed by atoms with Crippen molar-refractivity contribution in [3.05, 3.63) is 95.2 Å². The first kappa shape index (κ1) is 19.3. The van der Waals surface area contributed by atoms with E-state index < -0.39 is 6.17 Å². The van der Waals surface area contributed by atoms with E-state index in [0.29, 0.717) is 11.3 Å². The number of rotatable bonds is 4. The molecule has 8 nitrogen and oxygen atoms in total. The Morgan fingerprint density at radius 2 is 1.81 bits per heavy atom. The van der Waals surface area contributed by atoms with Gasteiger partial charge in [0.25, 0.3) is 5.89 Å². The Balaban J connectivity index is 1.48. The standard InChI is InChI=1S/C24H16N6O2/c25-13-15-10-11-19(26-14-15)23-29-30-24(32-23)28-22-20(31)12-17-8-4-5-9-18(17)21(27-22)16-6-2-1-3-7-16/h1-11,14,22H,12H2,(H,28,30). The first-order valence-electron chi connectivity index (χ1n) is 9.92. The van der Waals surface area contributed by atoms with Gasteiger partial charge in [-0.05, 0) is 17.7 Å². The number of hydrogen-bond donors (Lipinski definition) is 1. The van der Waals surface area contributed by atoms with Crippen molar-refractivity contribution >= 4 is 17.5 Å². The average Bonchev–Trinajstić information content (AvgIpc) is 3.26. The molecule has 0 saturated heterocycles. The molecule has 32 heavy (non-hydrogen) atoms. The molecule has 0 amide bonds. The van der Waals surface area contributed by atoms with E-state index in [0.717, 1.165) is 22.4 Å². The van der Waals surface area contributed by atoms with Crippen LogP contribution in [-0.4, -0.2) is 32.8 Å². The number of nitriles is 1. The normalized spacial score (nSPS) is 15.3. The van der Waals surface area contributed by atoms with Crippen LogP contribution in [0.3, 0.4) is 0 Å². The lowest BCUT2D eigenvalue weighted by atomic mass is 9.96. The Hall–Kier alpha value is -4.64. The summed E-state index contributed by atoms with van der Waals surface area (Å²) in [6.07, 6.45) is 0.765. The number of ketones is 1. The summed E-state index contributed by atoms with van der Waals surface area (Å²) in [6, 6.07) is 22.8. The molecule has 1 atom stereocenters. The highest BCUT2D eigenvalue weighted by Crippen LogP contribution is 2.23. The topological polar surface area (TPSA) is 117 Å². The maximum absolute atomic E-state index is 13.0. The molecular weight excluding hydrogens is 404 g/mol. The minimum atomic E-state index is -0.889. The van der Waals surface area contributed by atoms with Gasteiger partial charge in [-0.25, -0.2) is 4.98 Å². The highest BCUT2D eigenvalue weighted by molar-refractivity contribution is 6.16. The van der Waals surface area contributed by atoms with Crippen LogP contribution in [-0.2, 0) is 11.2 Å². The van der Waals surface area contributed by atoms with Crippen LogP contribution >= 0.6 is 0 Å². The highest BCUT2D eigenvalue weighted by Gasteiger charge is 2.27. The minimum Gasteiger partial charge on any atom is -0.402 e. The van der Waals surface area contributed by atoms with E-state index in [2.05, 4.69) is 20.5 Å². The maximum Gasteiger partial charge on any atom is 0.317 e. The number of hydrogen-bond acceptors (Lipinski definition) is 8. The Labute approximate surface area is 183 Å². The number of aromatic nitrogens is 3. The molecule has 0 bridgehead atoms. The zero-order valence-electron chi connectivity index (χ0n) is 16.8. The molecule has 154 valence electrons. The summed E-state index contributed by atoms with van der Waals surface area (Å²) >= 11 is 0. The molecular formula is C24H16N6O2. The lowest BCUT2D eigenvalue weighted by molar-refractivity contribution is -0.119. The first-order valence-corrected chi connectivity index (χ1v) is 9.92. The second kappa shape index (κ2) is 8.24. The maximum atomic E-state index is 13.0. The van der Waals surface area contributed by atoms with Crippen molar-refractivity contribution in [2.45, 2.75) is 12.6 Å². The van der Waals surface area contributed by atoms with Gasteiger partial charge in [0, 0.05) is 23.7 Å². The summed E-state index contributed by atoms with van der Waals surface area (Å²) in [5.74, 6) is 0.0632. The third-order valence-electron chi connectivity index (χ3n) is 5.04. The number of Topliss-reactive ketones (excluding diaryl/α,β-unsaturated/α-hetero) is 1. The number of benzene rings is 2. The van der Waals surface area contributed by atoms with Gasteiger partial charge in [0.05, 0.1) is 11.3 Å². The second-order valence-corrected chi connectivity index (χ2v) is 7.15. The molecule has 0 spiro atoms. The number of pyridine rings is 1. The molecule has 2 aromatic heterocycles. The lowest BCUT2D eigenvalue weighted by Crippen LogP contribution is -2.29. The Morgan fingerprint density at radius 1 is 1.00 bits per heavy atom. The Morgan fingerprint density at radius 3 is 2.59 bits per heavy atom. The number of nitrogens with one attached hydrogen (secondary N) is 1. The fourth-order valence-corrected chi connectivity index (χ4v) is 3.49. The van der Waals surface area contributed by atoms with E-state index in [1.54, 1.807) is 12.1 Å². The van der Waals surface area contributed by atoms with Gasteiger partial charge in [-0.15, -0.1) is 5.10 Å². The third-order valence-corrected chi connectivity index (χ3v) is 5.04. The quantitative estimate of drug-likeness (QED) is 0.538. The molecule has 0 saturated carbocycles. The molecule has 1 N–H and O–H groups in total. The zero-order valence-corrected chi connectivity index (χ0v) is 16.8. The van der Waals surface area contributed by atoms with Crippen molar-refractivity contribution < 1.29 is 9.21 Å². The predicted molar refractivity (Wildman–Crippen MR) is 117 cm³/mol. The van der Waals surface area contributed by atoms with Crippen LogP contribution in [0.25, 0.3) is 11.6 Å². The van der Waals surface area contributed by atoms with E-state index in [1.807, 2.05) is 60.7 Å². The van der Waals surface area contributed by atoms with Crippen molar-refractivity contribution in [3.8, 4) is 17.7 Å². The number of carbonyl (C=O) groups excluding carboxylic acids is 1. The fraction of sp³-hybridized carbons (Fsp3) is 0.0833. The zero-order chi connectivity index (χ0) is 21.9. The number of nitrogens with zero attached hydrogens (tertiary/aromatic N) is 5. The molecule has 1 unspecified atom stereocenters. The largest absolute Gasteiger partial charge is 0.402 e. The molecule has 5 rings (SSSR count). The van der Waals surface area contributed by atoms with Crippen molar-refractivity contribution in [2.24, 2.45) is 4.99 Å². The Bertz CT molecular complexity index is 1350. The summed E-state index contributed by atoms with van der Waals surface area (Å²) in [5.41, 5.74) is 4.32. The van der Waals surface area contributed by atoms with E-state index in [-0.39, 0.29) is 24.1 Å². The van der Waals surface area contributed by atoms with Crippen molar-refractivity contribution in [2.75, 3.05) is 5.32 Å². The molecule has 1 aliphatic heterocycles. The van der Waals surface area contributed by atoms with Gasteiger partial charge in [0.1, 0.15) is 11.8 Å². The van der Waals surface area contributed by atoms with Gasteiger partial charge in [-0.1, -0.05) is 59.7 Å². The number of aliphatic imine (C=N–C) groups is 1. The first-order chi connectivity index (χ1) is 15.7. The predicted octanol–water partition coefficient (Wildman–Crippen LogP) is 3.40. The van der Waals surface area contributed by atoms with Crippen molar-refractivity contribution in [1.29, 1.82) is 5.26 Å². The van der Waals surface area contributed by atoms with Gasteiger partial charge in [0.15, 0.2) is 11.9 Å². The van der Waals surface area contributed by atoms with E-state index >= 15 is 0 Å². The lowest BCUT2D eigenvalue weighted by Gasteiger charge is -2.11. The molecule has 1 aliphatic rings. The highest BCUT2D eigenvalue weighted by atomic mass is 16.4. The van der Waals surface area contributed by atoms with Crippen LogP contribution in [0.15, 0.2) is 82.3 Å². The minimum absolute atomic E-state index is 0.0617. The van der Waals surface area contributed by atoms with Gasteiger partial charge in [-0.2, -0.15) is 5.26 Å². The SMILES string of the molecule is N#Cc1ccc(-c2nnc(NC3N=C(c4ccccc4)c4ccccc4CC3=O)o2)nc1. The van der Waals surface area contributed by atoms with E-state index in [4.69, 9.17) is 14.7 Å². The Kier molecular flexibility index (Phi) is 4.98. The summed E-state index contributed by atoms with van der Waals surface area (Å²) < 4.78 is 5.65. The van der Waals surface area contributed by atoms with Crippen LogP contribution in [0.2, 0.25) is 0 Å². The summed E-state index contributed by atoms with van der Waals surface area (Å²) in [5, 5.41) is 19.8. The summed E-state index contributed by atoms with van der Waals surface area (Å²) in [7, 11) is 0. The number of anilines is 1. The van der Waals surface area contributed by atoms with Crippen molar-refractivity contribution in [3.63, 3.8) is 0 Å². The van der Waals surface area contributed by atoms with Gasteiger partial charge in [-0.3, -0.25) is 9.79 Å². The second-order valence-electron chi connectivity index (χ2n) is 7.15. The smallest absolute Gasteiger partial charge is 0.317 e. The average molecular weight is 420 g/mol. The van der Waals surface area contributed by atoms with Gasteiger partial charge in [0.2, 0.25) is 0 Å². The van der Waals surface area contributed by atoms with Gasteiger partial charge >= 0.3 is 6.01 Å². The van der Waals surface area contributed by atoms with Crippen LogP contribution in [0.1, 0.15) is 22.3 Å². The fourth-order valence-electron chi connectivity index (χ4n) is 3.49. The van der Waals surface area contributed by atoms with Crippen LogP contribution in [0.4, 0.5) is 6.01 Å². The molecule has 4 aromatic rings. The molecule has 8 heteroatoms. The molecule has 0 aliphatic carbocycles. The van der Waals surface area contributed by atoms with Gasteiger partial charge < -0.3 is 9.73 Å². The third kappa shape index (κ3) is 3.75. The molecule has 0 radical (unpaired) electrons. The van der Waals surface area contributed by atoms with E-state index in [1.165, 1.54) is 6.20 Å². The van der Waals surface area contributed by atoms with Crippen LogP contribution in [0.5, 0.6) is 0 Å². The van der Waals surface area contributed by atoms with Crippen LogP contribution < -0.4 is 5.32 Å². The van der Waals surface area contributed by atoms with E-state index in [9.17, 15) is 4.79 Å². The molecule has 0 fully saturated rings. The van der Waals surface area contributed by atoms with Crippen LogP contribution in [0, 0.1) is 11.3 Å². The molecule has 2 aromatic carbocycles.